The molecule has 6 heteroatoms. The molecule has 1 saturated carbocycles. The predicted octanol–water partition coefficient (Wildman–Crippen LogP) is 7.15. The molecule has 5 atom stereocenters. The molecule has 0 aliphatic heterocycles. The van der Waals surface area contributed by atoms with Crippen LogP contribution in [0, 0.1) is 5.92 Å². The van der Waals surface area contributed by atoms with Crippen LogP contribution < -0.4 is 0 Å². The predicted molar refractivity (Wildman–Crippen MR) is 162 cm³/mol. The maximum Gasteiger partial charge on any atom is 0.192 e. The first-order chi connectivity index (χ1) is 19.2. The average molecular weight is 563 g/mol. The summed E-state index contributed by atoms with van der Waals surface area (Å²) in [6.45, 7) is 12.6. The van der Waals surface area contributed by atoms with Gasteiger partial charge in [-0.2, -0.15) is 0 Å². The molecular formula is C34H46O5Si. The number of hydrogen-bond donors (Lipinski definition) is 1. The Balaban J connectivity index is 1.66. The Morgan fingerprint density at radius 2 is 1.05 bits per heavy atom. The molecule has 0 bridgehead atoms. The Bertz CT molecular complexity index is 1130. The van der Waals surface area contributed by atoms with E-state index >= 15 is 0 Å². The van der Waals surface area contributed by atoms with Gasteiger partial charge in [-0.3, -0.25) is 0 Å². The van der Waals surface area contributed by atoms with Gasteiger partial charge in [0.15, 0.2) is 8.32 Å². The standard InChI is InChI=1S/C34H46O5Si/c1-34(2,3)40(4,5)39-30-21-29(22-35)31(36-23-26-15-9-6-10-16-26)33(38-25-28-19-13-8-14-20-28)32(30)37-24-27-17-11-7-12-18-27/h6-20,29-33,35H,21-25H2,1-5H3/t29-,30+,31+,32+,33+/m1/s1. The smallest absolute Gasteiger partial charge is 0.192 e. The molecule has 1 aliphatic rings. The molecular weight excluding hydrogens is 516 g/mol. The van der Waals surface area contributed by atoms with Crippen LogP contribution in [0.1, 0.15) is 43.9 Å². The van der Waals surface area contributed by atoms with E-state index in [1.807, 2.05) is 54.6 Å². The molecule has 5 nitrogen and oxygen atoms in total. The molecule has 0 amide bonds. The highest BCUT2D eigenvalue weighted by Crippen LogP contribution is 2.42. The molecule has 0 saturated heterocycles. The van der Waals surface area contributed by atoms with Gasteiger partial charge in [0.25, 0.3) is 0 Å². The van der Waals surface area contributed by atoms with E-state index in [-0.39, 0.29) is 35.9 Å². The van der Waals surface area contributed by atoms with E-state index in [0.717, 1.165) is 16.7 Å². The highest BCUT2D eigenvalue weighted by molar-refractivity contribution is 6.74. The molecule has 1 N–H and O–H groups in total. The van der Waals surface area contributed by atoms with E-state index in [9.17, 15) is 5.11 Å². The molecule has 4 rings (SSSR count). The lowest BCUT2D eigenvalue weighted by molar-refractivity contribution is -0.219. The quantitative estimate of drug-likeness (QED) is 0.238. The van der Waals surface area contributed by atoms with Gasteiger partial charge in [0, 0.05) is 12.5 Å². The van der Waals surface area contributed by atoms with Crippen LogP contribution in [0.5, 0.6) is 0 Å². The van der Waals surface area contributed by atoms with E-state index in [1.54, 1.807) is 0 Å². The molecule has 3 aromatic carbocycles. The lowest BCUT2D eigenvalue weighted by atomic mass is 9.80. The van der Waals surface area contributed by atoms with Gasteiger partial charge in [-0.25, -0.2) is 0 Å². The van der Waals surface area contributed by atoms with Crippen LogP contribution in [-0.2, 0) is 38.5 Å². The third-order valence-electron chi connectivity index (χ3n) is 8.36. The molecule has 0 aromatic heterocycles. The van der Waals surface area contributed by atoms with Gasteiger partial charge in [-0.15, -0.1) is 0 Å². The lowest BCUT2D eigenvalue weighted by Gasteiger charge is -2.49. The second kappa shape index (κ2) is 14.0. The van der Waals surface area contributed by atoms with Crippen LogP contribution in [0.3, 0.4) is 0 Å². The van der Waals surface area contributed by atoms with Gasteiger partial charge in [0.05, 0.1) is 32.0 Å². The summed E-state index contributed by atoms with van der Waals surface area (Å²) < 4.78 is 27.1. The summed E-state index contributed by atoms with van der Waals surface area (Å²) in [7, 11) is -2.15. The maximum atomic E-state index is 10.6. The number of benzene rings is 3. The fraction of sp³-hybridized carbons (Fsp3) is 0.471. The SMILES string of the molecule is CC(C)(C)[Si](C)(C)O[C@H]1C[C@H](CO)[C@H](OCc2ccccc2)[C@H](OCc2ccccc2)[C@H]1OCc1ccccc1. The van der Waals surface area contributed by atoms with Crippen molar-refractivity contribution in [2.45, 2.75) is 89.6 Å². The molecule has 0 heterocycles. The molecule has 3 aromatic rings. The molecule has 1 fully saturated rings. The van der Waals surface area contributed by atoms with E-state index < -0.39 is 14.4 Å². The second-order valence-corrected chi connectivity index (χ2v) is 17.1. The molecule has 0 spiro atoms. The normalized spacial score (nSPS) is 23.7. The maximum absolute atomic E-state index is 10.6. The van der Waals surface area contributed by atoms with Crippen molar-refractivity contribution in [3.05, 3.63) is 108 Å². The highest BCUT2D eigenvalue weighted by atomic mass is 28.4. The Hall–Kier alpha value is -2.32. The van der Waals surface area contributed by atoms with Crippen molar-refractivity contribution in [2.75, 3.05) is 6.61 Å². The zero-order valence-electron chi connectivity index (χ0n) is 24.7. The molecule has 0 radical (unpaired) electrons. The third kappa shape index (κ3) is 8.12. The first-order valence-electron chi connectivity index (χ1n) is 14.4. The van der Waals surface area contributed by atoms with E-state index in [4.69, 9.17) is 18.6 Å². The molecule has 1 aliphatic carbocycles. The Kier molecular flexibility index (Phi) is 10.7. The van der Waals surface area contributed by atoms with Crippen molar-refractivity contribution in [3.8, 4) is 0 Å². The number of rotatable bonds is 12. The summed E-state index contributed by atoms with van der Waals surface area (Å²) in [5.74, 6) is -0.143. The van der Waals surface area contributed by atoms with Crippen molar-refractivity contribution >= 4 is 8.32 Å². The Morgan fingerprint density at radius 3 is 1.45 bits per heavy atom. The van der Waals surface area contributed by atoms with Gasteiger partial charge in [-0.05, 0) is 41.2 Å². The summed E-state index contributed by atoms with van der Waals surface area (Å²) in [5, 5.41) is 10.6. The van der Waals surface area contributed by atoms with Gasteiger partial charge in [0.2, 0.25) is 0 Å². The molecule has 0 unspecified atom stereocenters. The Labute approximate surface area is 241 Å². The molecule has 216 valence electrons. The van der Waals surface area contributed by atoms with Crippen molar-refractivity contribution in [1.29, 1.82) is 0 Å². The van der Waals surface area contributed by atoms with Crippen LogP contribution in [-0.4, -0.2) is 44.4 Å². The minimum atomic E-state index is -2.15. The Morgan fingerprint density at radius 1 is 0.650 bits per heavy atom. The van der Waals surface area contributed by atoms with Crippen LogP contribution in [0.4, 0.5) is 0 Å². The summed E-state index contributed by atoms with van der Waals surface area (Å²) in [4.78, 5) is 0. The first kappa shape index (κ1) is 30.6. The van der Waals surface area contributed by atoms with Gasteiger partial charge in [-0.1, -0.05) is 112 Å². The van der Waals surface area contributed by atoms with Crippen LogP contribution >= 0.6 is 0 Å². The van der Waals surface area contributed by atoms with E-state index in [0.29, 0.717) is 26.2 Å². The lowest BCUT2D eigenvalue weighted by Crippen LogP contribution is -2.60. The number of aliphatic hydroxyl groups is 1. The minimum absolute atomic E-state index is 0.00653. The fourth-order valence-corrected chi connectivity index (χ4v) is 6.35. The van der Waals surface area contributed by atoms with Crippen molar-refractivity contribution < 1.29 is 23.7 Å². The summed E-state index contributed by atoms with van der Waals surface area (Å²) in [6, 6.07) is 30.5. The third-order valence-corrected chi connectivity index (χ3v) is 12.9. The second-order valence-electron chi connectivity index (χ2n) is 12.4. The number of hydrogen-bond acceptors (Lipinski definition) is 5. The van der Waals surface area contributed by atoms with Crippen LogP contribution in [0.2, 0.25) is 18.1 Å². The summed E-state index contributed by atoms with van der Waals surface area (Å²) in [6.07, 6.45) is -0.712. The highest BCUT2D eigenvalue weighted by Gasteiger charge is 2.50. The number of aliphatic hydroxyl groups excluding tert-OH is 1. The zero-order chi connectivity index (χ0) is 28.6. The van der Waals surface area contributed by atoms with E-state index in [2.05, 4.69) is 70.3 Å². The van der Waals surface area contributed by atoms with Gasteiger partial charge in [0.1, 0.15) is 12.2 Å². The van der Waals surface area contributed by atoms with Crippen LogP contribution in [0.15, 0.2) is 91.0 Å². The first-order valence-corrected chi connectivity index (χ1v) is 17.3. The minimum Gasteiger partial charge on any atom is -0.411 e. The van der Waals surface area contributed by atoms with Gasteiger partial charge >= 0.3 is 0 Å². The van der Waals surface area contributed by atoms with E-state index in [1.165, 1.54) is 0 Å². The number of ether oxygens (including phenoxy) is 3. The van der Waals surface area contributed by atoms with Crippen molar-refractivity contribution in [3.63, 3.8) is 0 Å². The topological polar surface area (TPSA) is 57.2 Å². The van der Waals surface area contributed by atoms with Crippen molar-refractivity contribution in [1.82, 2.24) is 0 Å². The zero-order valence-corrected chi connectivity index (χ0v) is 25.7. The van der Waals surface area contributed by atoms with Crippen LogP contribution in [0.25, 0.3) is 0 Å². The fourth-order valence-electron chi connectivity index (χ4n) is 5.01. The summed E-state index contributed by atoms with van der Waals surface area (Å²) >= 11 is 0. The monoisotopic (exact) mass is 562 g/mol. The summed E-state index contributed by atoms with van der Waals surface area (Å²) in [5.41, 5.74) is 3.27. The van der Waals surface area contributed by atoms with Gasteiger partial charge < -0.3 is 23.7 Å². The largest absolute Gasteiger partial charge is 0.411 e. The molecule has 40 heavy (non-hydrogen) atoms. The average Bonchev–Trinajstić information content (AvgIpc) is 2.95. The van der Waals surface area contributed by atoms with Crippen molar-refractivity contribution in [2.24, 2.45) is 5.92 Å².